The molecule has 0 aliphatic carbocycles. The lowest BCUT2D eigenvalue weighted by Gasteiger charge is -2.11. The van der Waals surface area contributed by atoms with Crippen LogP contribution >= 0.6 is 0 Å². The number of amides is 1. The van der Waals surface area contributed by atoms with Gasteiger partial charge in [0.05, 0.1) is 12.2 Å². The summed E-state index contributed by atoms with van der Waals surface area (Å²) >= 11 is 0. The molecule has 3 rings (SSSR count). The molecular formula is C14H15N3O2. The van der Waals surface area contributed by atoms with Crippen molar-refractivity contribution in [3.8, 4) is 11.3 Å². The van der Waals surface area contributed by atoms with Crippen molar-refractivity contribution < 1.29 is 9.21 Å². The molecule has 19 heavy (non-hydrogen) atoms. The average molecular weight is 257 g/mol. The summed E-state index contributed by atoms with van der Waals surface area (Å²) in [5.74, 6) is 0.750. The van der Waals surface area contributed by atoms with Crippen LogP contribution in [0.3, 0.4) is 0 Å². The third kappa shape index (κ3) is 2.66. The van der Waals surface area contributed by atoms with Crippen molar-refractivity contribution in [2.45, 2.75) is 18.9 Å². The van der Waals surface area contributed by atoms with Gasteiger partial charge in [-0.15, -0.1) is 0 Å². The Morgan fingerprint density at radius 2 is 2.21 bits per heavy atom. The Balaban J connectivity index is 1.67. The van der Waals surface area contributed by atoms with E-state index in [1.165, 1.54) is 6.39 Å². The molecule has 1 aliphatic rings. The summed E-state index contributed by atoms with van der Waals surface area (Å²) in [6.45, 7) is 0.919. The Morgan fingerprint density at radius 3 is 2.84 bits per heavy atom. The first kappa shape index (κ1) is 11.9. The lowest BCUT2D eigenvalue weighted by atomic mass is 10.1. The Labute approximate surface area is 111 Å². The van der Waals surface area contributed by atoms with E-state index in [9.17, 15) is 4.79 Å². The van der Waals surface area contributed by atoms with Crippen molar-refractivity contribution in [3.63, 3.8) is 0 Å². The molecule has 1 saturated heterocycles. The van der Waals surface area contributed by atoms with Gasteiger partial charge in [0.1, 0.15) is 0 Å². The van der Waals surface area contributed by atoms with Gasteiger partial charge in [-0.2, -0.15) is 0 Å². The number of aromatic nitrogens is 1. The molecule has 0 radical (unpaired) electrons. The molecule has 2 heterocycles. The van der Waals surface area contributed by atoms with Crippen LogP contribution in [-0.2, 0) is 4.79 Å². The summed E-state index contributed by atoms with van der Waals surface area (Å²) in [6.07, 6.45) is 5.03. The van der Waals surface area contributed by atoms with Crippen molar-refractivity contribution in [1.29, 1.82) is 0 Å². The van der Waals surface area contributed by atoms with Gasteiger partial charge in [-0.3, -0.25) is 4.79 Å². The number of hydrogen-bond donors (Lipinski definition) is 2. The van der Waals surface area contributed by atoms with Gasteiger partial charge in [-0.1, -0.05) is 0 Å². The Hall–Kier alpha value is -2.14. The number of carbonyl (C=O) groups excluding carboxylic acids is 1. The molecule has 1 aromatic heterocycles. The topological polar surface area (TPSA) is 67.2 Å². The standard InChI is InChI=1S/C14H15N3O2/c18-14(12-2-1-7-16-12)17-11-5-3-10(4-6-11)13-8-15-9-19-13/h3-6,8-9,12,16H,1-2,7H2,(H,17,18)/t12-/m1/s1. The third-order valence-electron chi connectivity index (χ3n) is 3.25. The minimum atomic E-state index is -0.0612. The van der Waals surface area contributed by atoms with E-state index in [1.807, 2.05) is 24.3 Å². The van der Waals surface area contributed by atoms with Crippen LogP contribution in [0.4, 0.5) is 5.69 Å². The van der Waals surface area contributed by atoms with Gasteiger partial charge >= 0.3 is 0 Å². The SMILES string of the molecule is O=C(Nc1ccc(-c2cnco2)cc1)[C@H]1CCCN1. The number of benzene rings is 1. The van der Waals surface area contributed by atoms with Gasteiger partial charge < -0.3 is 15.1 Å². The van der Waals surface area contributed by atoms with E-state index in [2.05, 4.69) is 15.6 Å². The van der Waals surface area contributed by atoms with Gasteiger partial charge in [0.2, 0.25) is 5.91 Å². The van der Waals surface area contributed by atoms with E-state index in [-0.39, 0.29) is 11.9 Å². The monoisotopic (exact) mass is 257 g/mol. The van der Waals surface area contributed by atoms with Crippen LogP contribution in [0, 0.1) is 0 Å². The zero-order valence-corrected chi connectivity index (χ0v) is 10.4. The molecule has 98 valence electrons. The molecule has 0 unspecified atom stereocenters. The van der Waals surface area contributed by atoms with E-state index >= 15 is 0 Å². The highest BCUT2D eigenvalue weighted by Gasteiger charge is 2.21. The molecule has 0 saturated carbocycles. The summed E-state index contributed by atoms with van der Waals surface area (Å²) in [4.78, 5) is 15.8. The predicted molar refractivity (Wildman–Crippen MR) is 71.6 cm³/mol. The zero-order valence-electron chi connectivity index (χ0n) is 10.4. The largest absolute Gasteiger partial charge is 0.444 e. The van der Waals surface area contributed by atoms with Crippen LogP contribution in [0.15, 0.2) is 41.3 Å². The molecule has 1 aliphatic heterocycles. The lowest BCUT2D eigenvalue weighted by molar-refractivity contribution is -0.117. The molecule has 0 spiro atoms. The van der Waals surface area contributed by atoms with Crippen LogP contribution in [0.1, 0.15) is 12.8 Å². The number of nitrogens with zero attached hydrogens (tertiary/aromatic N) is 1. The van der Waals surface area contributed by atoms with Crippen LogP contribution in [0.2, 0.25) is 0 Å². The Morgan fingerprint density at radius 1 is 1.37 bits per heavy atom. The second-order valence-corrected chi connectivity index (χ2v) is 4.58. The molecule has 5 heteroatoms. The Bertz CT molecular complexity index is 543. The summed E-state index contributed by atoms with van der Waals surface area (Å²) in [7, 11) is 0. The highest BCUT2D eigenvalue weighted by molar-refractivity contribution is 5.95. The number of hydrogen-bond acceptors (Lipinski definition) is 4. The first-order valence-corrected chi connectivity index (χ1v) is 6.36. The van der Waals surface area contributed by atoms with Gasteiger partial charge in [0.15, 0.2) is 12.2 Å². The maximum atomic E-state index is 11.9. The van der Waals surface area contributed by atoms with E-state index in [4.69, 9.17) is 4.42 Å². The molecule has 1 fully saturated rings. The highest BCUT2D eigenvalue weighted by Crippen LogP contribution is 2.21. The van der Waals surface area contributed by atoms with Crippen LogP contribution < -0.4 is 10.6 Å². The molecule has 2 aromatic rings. The zero-order chi connectivity index (χ0) is 13.1. The number of anilines is 1. The van der Waals surface area contributed by atoms with Crippen molar-refractivity contribution in [2.24, 2.45) is 0 Å². The summed E-state index contributed by atoms with van der Waals surface area (Å²) < 4.78 is 5.21. The van der Waals surface area contributed by atoms with Crippen LogP contribution in [-0.4, -0.2) is 23.5 Å². The quantitative estimate of drug-likeness (QED) is 0.883. The fourth-order valence-electron chi connectivity index (χ4n) is 2.21. The number of carbonyl (C=O) groups is 1. The normalized spacial score (nSPS) is 18.4. The first-order chi connectivity index (χ1) is 9.33. The molecule has 0 bridgehead atoms. The van der Waals surface area contributed by atoms with Gasteiger partial charge in [0.25, 0.3) is 0 Å². The van der Waals surface area contributed by atoms with E-state index in [0.717, 1.165) is 36.4 Å². The summed E-state index contributed by atoms with van der Waals surface area (Å²) in [6, 6.07) is 7.47. The number of rotatable bonds is 3. The fourth-order valence-corrected chi connectivity index (χ4v) is 2.21. The smallest absolute Gasteiger partial charge is 0.241 e. The van der Waals surface area contributed by atoms with E-state index in [0.29, 0.717) is 0 Å². The van der Waals surface area contributed by atoms with E-state index < -0.39 is 0 Å². The number of oxazole rings is 1. The number of nitrogens with one attached hydrogen (secondary N) is 2. The second-order valence-electron chi connectivity index (χ2n) is 4.58. The van der Waals surface area contributed by atoms with Gasteiger partial charge in [0, 0.05) is 11.3 Å². The minimum Gasteiger partial charge on any atom is -0.444 e. The van der Waals surface area contributed by atoms with Crippen LogP contribution in [0.25, 0.3) is 11.3 Å². The average Bonchev–Trinajstić information content (AvgIpc) is 3.13. The molecule has 2 N–H and O–H groups in total. The Kier molecular flexibility index (Phi) is 3.29. The van der Waals surface area contributed by atoms with Crippen molar-refractivity contribution in [3.05, 3.63) is 36.9 Å². The predicted octanol–water partition coefficient (Wildman–Crippen LogP) is 2.03. The fraction of sp³-hybridized carbons (Fsp3) is 0.286. The molecule has 5 nitrogen and oxygen atoms in total. The second kappa shape index (κ2) is 5.24. The first-order valence-electron chi connectivity index (χ1n) is 6.36. The minimum absolute atomic E-state index is 0.0323. The van der Waals surface area contributed by atoms with Crippen molar-refractivity contribution >= 4 is 11.6 Å². The van der Waals surface area contributed by atoms with E-state index in [1.54, 1.807) is 6.20 Å². The summed E-state index contributed by atoms with van der Waals surface area (Å²) in [5.41, 5.74) is 1.73. The molecule has 1 atom stereocenters. The van der Waals surface area contributed by atoms with Gasteiger partial charge in [-0.05, 0) is 43.7 Å². The third-order valence-corrected chi connectivity index (χ3v) is 3.25. The maximum absolute atomic E-state index is 11.9. The van der Waals surface area contributed by atoms with Crippen LogP contribution in [0.5, 0.6) is 0 Å². The molecular weight excluding hydrogens is 242 g/mol. The highest BCUT2D eigenvalue weighted by atomic mass is 16.3. The lowest BCUT2D eigenvalue weighted by Crippen LogP contribution is -2.35. The molecule has 1 amide bonds. The van der Waals surface area contributed by atoms with Crippen molar-refractivity contribution in [1.82, 2.24) is 10.3 Å². The van der Waals surface area contributed by atoms with Gasteiger partial charge in [-0.25, -0.2) is 4.98 Å². The summed E-state index contributed by atoms with van der Waals surface area (Å²) in [5, 5.41) is 6.08. The maximum Gasteiger partial charge on any atom is 0.241 e. The van der Waals surface area contributed by atoms with Crippen molar-refractivity contribution in [2.75, 3.05) is 11.9 Å². The molecule has 1 aromatic carbocycles.